The molecule has 0 saturated carbocycles. The minimum absolute atomic E-state index is 0.224. The molecule has 2 N–H and O–H groups in total. The van der Waals surface area contributed by atoms with Crippen molar-refractivity contribution in [2.24, 2.45) is 5.92 Å². The molecule has 0 aromatic carbocycles. The first-order chi connectivity index (χ1) is 11.5. The lowest BCUT2D eigenvalue weighted by molar-refractivity contribution is 0.0602. The molecule has 0 saturated heterocycles. The van der Waals surface area contributed by atoms with Crippen LogP contribution in [-0.4, -0.2) is 42.4 Å². The van der Waals surface area contributed by atoms with Gasteiger partial charge in [0.1, 0.15) is 12.4 Å². The van der Waals surface area contributed by atoms with Crippen molar-refractivity contribution in [1.82, 2.24) is 10.2 Å². The van der Waals surface area contributed by atoms with Crippen molar-refractivity contribution in [2.75, 3.05) is 20.2 Å². The molecule has 0 aromatic rings. The SMILES string of the molecule is CC1=C2CN(C)C3C=C(OCC(O)CC(C)C)C=CC3=C2C=CN1. The highest BCUT2D eigenvalue weighted by Crippen LogP contribution is 2.35. The number of ether oxygens (including phenoxy) is 1. The zero-order valence-electron chi connectivity index (χ0n) is 15.0. The third-order valence-electron chi connectivity index (χ3n) is 4.77. The lowest BCUT2D eigenvalue weighted by atomic mass is 9.85. The molecule has 4 heteroatoms. The Bertz CT molecular complexity index is 653. The Hall–Kier alpha value is -1.78. The largest absolute Gasteiger partial charge is 0.491 e. The number of rotatable bonds is 5. The van der Waals surface area contributed by atoms with E-state index in [1.54, 1.807) is 0 Å². The average Bonchev–Trinajstić information content (AvgIpc) is 2.53. The maximum Gasteiger partial charge on any atom is 0.117 e. The van der Waals surface area contributed by atoms with E-state index in [9.17, 15) is 5.11 Å². The first kappa shape index (κ1) is 17.1. The first-order valence-corrected chi connectivity index (χ1v) is 8.74. The number of hydrogen-bond donors (Lipinski definition) is 2. The summed E-state index contributed by atoms with van der Waals surface area (Å²) in [5.41, 5.74) is 5.22. The zero-order chi connectivity index (χ0) is 17.3. The number of nitrogens with zero attached hydrogens (tertiary/aromatic N) is 1. The van der Waals surface area contributed by atoms with Crippen LogP contribution in [0.15, 0.2) is 58.7 Å². The number of dihydropyridines is 1. The van der Waals surface area contributed by atoms with Crippen molar-refractivity contribution in [3.8, 4) is 0 Å². The molecule has 2 heterocycles. The summed E-state index contributed by atoms with van der Waals surface area (Å²) in [5.74, 6) is 1.32. The normalized spacial score (nSPS) is 24.6. The van der Waals surface area contributed by atoms with E-state index >= 15 is 0 Å². The fourth-order valence-electron chi connectivity index (χ4n) is 3.55. The highest BCUT2D eigenvalue weighted by atomic mass is 16.5. The number of fused-ring (bicyclic) bond motifs is 2. The highest BCUT2D eigenvalue weighted by Gasteiger charge is 2.30. The molecular weight excluding hydrogens is 300 g/mol. The number of hydrogen-bond acceptors (Lipinski definition) is 4. The van der Waals surface area contributed by atoms with Gasteiger partial charge in [-0.1, -0.05) is 19.9 Å². The van der Waals surface area contributed by atoms with E-state index in [2.05, 4.69) is 56.3 Å². The maximum atomic E-state index is 10.00. The van der Waals surface area contributed by atoms with Gasteiger partial charge in [-0.3, -0.25) is 4.90 Å². The van der Waals surface area contributed by atoms with Crippen LogP contribution < -0.4 is 5.32 Å². The van der Waals surface area contributed by atoms with Gasteiger partial charge in [0, 0.05) is 18.4 Å². The van der Waals surface area contributed by atoms with Gasteiger partial charge in [-0.25, -0.2) is 0 Å². The minimum atomic E-state index is -0.410. The van der Waals surface area contributed by atoms with Gasteiger partial charge in [0.05, 0.1) is 12.1 Å². The molecule has 0 fully saturated rings. The van der Waals surface area contributed by atoms with Gasteiger partial charge in [0.15, 0.2) is 0 Å². The Morgan fingerprint density at radius 3 is 2.88 bits per heavy atom. The highest BCUT2D eigenvalue weighted by molar-refractivity contribution is 5.58. The molecule has 2 aliphatic heterocycles. The van der Waals surface area contributed by atoms with Gasteiger partial charge >= 0.3 is 0 Å². The van der Waals surface area contributed by atoms with Crippen LogP contribution in [-0.2, 0) is 4.74 Å². The summed E-state index contributed by atoms with van der Waals surface area (Å²) in [6.45, 7) is 7.61. The number of allylic oxidation sites excluding steroid dienone is 3. The monoisotopic (exact) mass is 328 g/mol. The molecule has 4 nitrogen and oxygen atoms in total. The topological polar surface area (TPSA) is 44.7 Å². The second-order valence-corrected chi connectivity index (χ2v) is 7.31. The van der Waals surface area contributed by atoms with Crippen LogP contribution in [0.4, 0.5) is 0 Å². The number of aliphatic hydroxyl groups is 1. The summed E-state index contributed by atoms with van der Waals surface area (Å²) < 4.78 is 5.83. The van der Waals surface area contributed by atoms with E-state index in [0.29, 0.717) is 12.5 Å². The third kappa shape index (κ3) is 3.50. The van der Waals surface area contributed by atoms with Gasteiger partial charge in [-0.2, -0.15) is 0 Å². The van der Waals surface area contributed by atoms with Gasteiger partial charge < -0.3 is 15.2 Å². The molecule has 1 aliphatic carbocycles. The molecule has 2 unspecified atom stereocenters. The maximum absolute atomic E-state index is 10.00. The van der Waals surface area contributed by atoms with Crippen molar-refractivity contribution < 1.29 is 9.84 Å². The van der Waals surface area contributed by atoms with Crippen molar-refractivity contribution >= 4 is 0 Å². The summed E-state index contributed by atoms with van der Waals surface area (Å²) >= 11 is 0. The lowest BCUT2D eigenvalue weighted by Crippen LogP contribution is -2.40. The van der Waals surface area contributed by atoms with Crippen molar-refractivity contribution in [3.05, 3.63) is 58.7 Å². The third-order valence-corrected chi connectivity index (χ3v) is 4.77. The van der Waals surface area contributed by atoms with E-state index in [-0.39, 0.29) is 6.04 Å². The predicted molar refractivity (Wildman–Crippen MR) is 97.1 cm³/mol. The van der Waals surface area contributed by atoms with Gasteiger partial charge in [-0.15, -0.1) is 0 Å². The molecule has 0 aromatic heterocycles. The summed E-state index contributed by atoms with van der Waals surface area (Å²) in [6, 6.07) is 0.224. The molecule has 3 rings (SSSR count). The van der Waals surface area contributed by atoms with Crippen molar-refractivity contribution in [3.63, 3.8) is 0 Å². The molecule has 0 bridgehead atoms. The average molecular weight is 328 g/mol. The van der Waals surface area contributed by atoms with E-state index in [4.69, 9.17) is 4.74 Å². The fraction of sp³-hybridized carbons (Fsp3) is 0.500. The summed E-state index contributed by atoms with van der Waals surface area (Å²) in [5, 5.41) is 13.3. The van der Waals surface area contributed by atoms with E-state index < -0.39 is 6.10 Å². The molecule has 0 radical (unpaired) electrons. The molecule has 24 heavy (non-hydrogen) atoms. The Labute approximate surface area is 144 Å². The van der Waals surface area contributed by atoms with Crippen LogP contribution in [0.2, 0.25) is 0 Å². The molecule has 2 atom stereocenters. The molecule has 0 amide bonds. The molecule has 130 valence electrons. The van der Waals surface area contributed by atoms with Crippen LogP contribution in [0.25, 0.3) is 0 Å². The summed E-state index contributed by atoms with van der Waals surface area (Å²) in [6.07, 6.45) is 10.9. The Balaban J connectivity index is 1.75. The van der Waals surface area contributed by atoms with Crippen LogP contribution in [0.1, 0.15) is 27.2 Å². The van der Waals surface area contributed by atoms with E-state index in [0.717, 1.165) is 18.7 Å². The van der Waals surface area contributed by atoms with Crippen LogP contribution in [0, 0.1) is 5.92 Å². The van der Waals surface area contributed by atoms with Crippen molar-refractivity contribution in [2.45, 2.75) is 39.3 Å². The Morgan fingerprint density at radius 2 is 2.12 bits per heavy atom. The number of aliphatic hydroxyl groups excluding tert-OH is 1. The van der Waals surface area contributed by atoms with Gasteiger partial charge in [0.25, 0.3) is 0 Å². The minimum Gasteiger partial charge on any atom is -0.491 e. The van der Waals surface area contributed by atoms with Gasteiger partial charge in [-0.05, 0) is 61.3 Å². The summed E-state index contributed by atoms with van der Waals surface area (Å²) in [7, 11) is 2.14. The Morgan fingerprint density at radius 1 is 1.33 bits per heavy atom. The summed E-state index contributed by atoms with van der Waals surface area (Å²) in [4.78, 5) is 2.33. The quantitative estimate of drug-likeness (QED) is 0.814. The second kappa shape index (κ2) is 6.99. The van der Waals surface area contributed by atoms with E-state index in [1.807, 2.05) is 12.3 Å². The number of likely N-dealkylation sites (N-methyl/N-ethyl adjacent to an activating group) is 1. The molecule has 3 aliphatic rings. The van der Waals surface area contributed by atoms with E-state index in [1.165, 1.54) is 22.4 Å². The second-order valence-electron chi connectivity index (χ2n) is 7.31. The molecular formula is C20H28N2O2. The van der Waals surface area contributed by atoms with Crippen LogP contribution in [0.5, 0.6) is 0 Å². The first-order valence-electron chi connectivity index (χ1n) is 8.74. The lowest BCUT2D eigenvalue weighted by Gasteiger charge is -2.38. The predicted octanol–water partition coefficient (Wildman–Crippen LogP) is 2.87. The van der Waals surface area contributed by atoms with Gasteiger partial charge in [0.2, 0.25) is 0 Å². The van der Waals surface area contributed by atoms with Crippen LogP contribution >= 0.6 is 0 Å². The number of nitrogens with one attached hydrogen (secondary N) is 1. The van der Waals surface area contributed by atoms with Crippen LogP contribution in [0.3, 0.4) is 0 Å². The Kier molecular flexibility index (Phi) is 4.97. The zero-order valence-corrected chi connectivity index (χ0v) is 15.0. The van der Waals surface area contributed by atoms with Crippen molar-refractivity contribution in [1.29, 1.82) is 0 Å². The fourth-order valence-corrected chi connectivity index (χ4v) is 3.55. The molecule has 0 spiro atoms. The standard InChI is InChI=1S/C20H28N2O2/c1-13(2)9-15(23)12-24-16-5-6-18-17-7-8-21-14(3)19(17)11-22(4)20(18)10-16/h5-8,10,13,15,20-21,23H,9,11-12H2,1-4H3. The smallest absolute Gasteiger partial charge is 0.117 e.